The molecule has 0 bridgehead atoms. The summed E-state index contributed by atoms with van der Waals surface area (Å²) < 4.78 is 34.9. The number of carbonyl (C=O) groups is 3. The Hall–Kier alpha value is -17.7. The van der Waals surface area contributed by atoms with Crippen molar-refractivity contribution < 1.29 is 38.1 Å². The second-order valence-corrected chi connectivity index (χ2v) is 32.8. The molecule has 140 heavy (non-hydrogen) atoms. The van der Waals surface area contributed by atoms with Gasteiger partial charge in [-0.3, -0.25) is 73.3 Å². The van der Waals surface area contributed by atoms with Crippen molar-refractivity contribution in [3.63, 3.8) is 0 Å². The molecule has 16 aromatic rings. The molecule has 0 atom stereocenters. The highest BCUT2D eigenvalue weighted by atomic mass is 16.5. The molecule has 0 radical (unpaired) electrons. The predicted molar refractivity (Wildman–Crippen MR) is 529 cm³/mol. The minimum atomic E-state index is -0.232. The van der Waals surface area contributed by atoms with Gasteiger partial charge in [-0.2, -0.15) is 0 Å². The molecule has 6 amide bonds. The van der Waals surface area contributed by atoms with Crippen LogP contribution < -0.4 is 62.9 Å². The van der Waals surface area contributed by atoms with Gasteiger partial charge in [-0.05, 0) is 115 Å². The Labute approximate surface area is 804 Å². The number of rotatable bonds is 23. The lowest BCUT2D eigenvalue weighted by Crippen LogP contribution is -2.48. The summed E-state index contributed by atoms with van der Waals surface area (Å²) in [6, 6.07) is 66.2. The minimum Gasteiger partial charge on any atom is -0.456 e. The van der Waals surface area contributed by atoms with Crippen LogP contribution in [0, 0.1) is 0 Å². The highest BCUT2D eigenvalue weighted by Crippen LogP contribution is 2.31. The van der Waals surface area contributed by atoms with E-state index in [0.717, 1.165) is 61.3 Å². The number of nitrogens with one attached hydrogen (secondary N) is 3. The number of hydrogen-bond donors (Lipinski definition) is 4. The number of likely N-dealkylation sites (tertiary alicyclic amines) is 1. The minimum absolute atomic E-state index is 0.144. The van der Waals surface area contributed by atoms with Crippen molar-refractivity contribution >= 4 is 41.4 Å². The van der Waals surface area contributed by atoms with Gasteiger partial charge in [-0.15, -0.1) is 0 Å². The molecular formula is C104H100N24O12. The van der Waals surface area contributed by atoms with Crippen LogP contribution in [0.15, 0.2) is 312 Å². The van der Waals surface area contributed by atoms with Crippen molar-refractivity contribution in [1.29, 1.82) is 0 Å². The number of pyridine rings is 8. The Morgan fingerprint density at radius 3 is 0.850 bits per heavy atom. The average Bonchev–Trinajstić information content (AvgIpc) is 0.887. The number of nitrogens with zero attached hydrogens (tertiary/aromatic N) is 20. The fourth-order valence-corrected chi connectivity index (χ4v) is 15.1. The lowest BCUT2D eigenvalue weighted by molar-refractivity contribution is 0.0564. The Morgan fingerprint density at radius 2 is 0.571 bits per heavy atom. The van der Waals surface area contributed by atoms with Crippen LogP contribution in [0.25, 0.3) is 45.0 Å². The van der Waals surface area contributed by atoms with Crippen LogP contribution in [0.4, 0.5) is 37.7 Å². The van der Waals surface area contributed by atoms with Gasteiger partial charge in [-0.25, -0.2) is 54.3 Å². The Bertz CT molecular complexity index is 7220. The third-order valence-corrected chi connectivity index (χ3v) is 23.0. The second kappa shape index (κ2) is 46.0. The number of ether oxygens (including phenoxy) is 5. The third-order valence-electron chi connectivity index (χ3n) is 23.0. The van der Waals surface area contributed by atoms with Crippen LogP contribution in [0.3, 0.4) is 0 Å². The van der Waals surface area contributed by atoms with E-state index >= 15 is 0 Å². The first-order chi connectivity index (χ1) is 68.2. The topological polar surface area (TPSA) is 415 Å². The number of hydrogen-bond acceptors (Lipinski definition) is 26. The molecular weight excluding hydrogens is 1780 g/mol. The van der Waals surface area contributed by atoms with E-state index in [1.165, 1.54) is 0 Å². The zero-order chi connectivity index (χ0) is 97.2. The smallest absolute Gasteiger partial charge is 0.323 e. The van der Waals surface area contributed by atoms with Gasteiger partial charge in [0.1, 0.15) is 92.6 Å². The van der Waals surface area contributed by atoms with E-state index in [0.29, 0.717) is 203 Å². The molecule has 0 aliphatic carbocycles. The van der Waals surface area contributed by atoms with Crippen LogP contribution in [-0.2, 0) is 58.6 Å². The number of anilines is 4. The maximum absolute atomic E-state index is 13.0. The molecule has 12 aromatic heterocycles. The molecule has 0 spiro atoms. The monoisotopic (exact) mass is 1880 g/mol. The lowest BCUT2D eigenvalue weighted by Gasteiger charge is -2.32. The number of urea groups is 3. The van der Waals surface area contributed by atoms with Gasteiger partial charge in [0.15, 0.2) is 0 Å². The van der Waals surface area contributed by atoms with Crippen molar-refractivity contribution in [1.82, 2.24) is 97.7 Å². The highest BCUT2D eigenvalue weighted by molar-refractivity contribution is 5.90. The van der Waals surface area contributed by atoms with Gasteiger partial charge in [0.25, 0.3) is 22.2 Å². The second-order valence-electron chi connectivity index (χ2n) is 32.8. The number of likely N-dealkylation sites (N-methyl/N-ethyl adjacent to an activating group) is 1. The molecule has 4 aromatic carbocycles. The molecule has 3 aliphatic rings. The number of aromatic nitrogens is 16. The molecule has 3 saturated heterocycles. The van der Waals surface area contributed by atoms with Crippen LogP contribution in [-0.4, -0.2) is 188 Å². The molecule has 708 valence electrons. The van der Waals surface area contributed by atoms with Crippen molar-refractivity contribution in [2.45, 2.75) is 38.5 Å². The van der Waals surface area contributed by atoms with Gasteiger partial charge in [0.2, 0.25) is 0 Å². The highest BCUT2D eigenvalue weighted by Gasteiger charge is 2.25. The molecule has 36 nitrogen and oxygen atoms in total. The van der Waals surface area contributed by atoms with Crippen molar-refractivity contribution in [3.8, 4) is 91.0 Å². The van der Waals surface area contributed by atoms with Crippen molar-refractivity contribution in [2.75, 3.05) is 94.3 Å². The SMILES string of the molecule is CN1CCN(C(=O)Nc2cc(Oc3ccc(-c4cnc(Cc5ccccc5)n(C)c4=O)nc3)ccn2)CC1.Cn1c(Cc2ccccc2)ncc(-c2ccc(Oc3ccnc(N)c3)cn2)c1=O.Cn1c(Cc2ccccc2)ncc(-c2ccc(Oc3ccnc(NC(=O)N4CCCC4)c3)cn2)c1=O.Cn1c(Cc2ccccc2)ncc(-c2ccc(Oc3ccnc(NC(=O)N4CCOCC4)c3)cn2)c1=O. The first-order valence-corrected chi connectivity index (χ1v) is 45.2. The number of piperazine rings is 1. The summed E-state index contributed by atoms with van der Waals surface area (Å²) in [6.07, 6.45) is 23.1. The summed E-state index contributed by atoms with van der Waals surface area (Å²) in [5, 5.41) is 8.42. The first-order valence-electron chi connectivity index (χ1n) is 45.2. The number of benzene rings is 4. The van der Waals surface area contributed by atoms with Crippen LogP contribution in [0.5, 0.6) is 46.0 Å². The van der Waals surface area contributed by atoms with Gasteiger partial charge >= 0.3 is 18.1 Å². The summed E-state index contributed by atoms with van der Waals surface area (Å²) in [6.45, 7) is 6.65. The van der Waals surface area contributed by atoms with Gasteiger partial charge in [0, 0.05) is 180 Å². The van der Waals surface area contributed by atoms with E-state index in [4.69, 9.17) is 29.4 Å². The first kappa shape index (κ1) is 95.5. The molecule has 0 saturated carbocycles. The van der Waals surface area contributed by atoms with Crippen LogP contribution in [0.2, 0.25) is 0 Å². The quantitative estimate of drug-likeness (QED) is 0.0462. The molecule has 19 rings (SSSR count). The Morgan fingerprint density at radius 1 is 0.300 bits per heavy atom. The molecule has 3 fully saturated rings. The lowest BCUT2D eigenvalue weighted by atomic mass is 10.1. The average molecular weight is 1880 g/mol. The normalized spacial score (nSPS) is 12.8. The maximum atomic E-state index is 13.0. The summed E-state index contributed by atoms with van der Waals surface area (Å²) in [7, 11) is 8.92. The van der Waals surface area contributed by atoms with E-state index in [1.54, 1.807) is 233 Å². The number of carbonyl (C=O) groups excluding carboxylic acids is 3. The van der Waals surface area contributed by atoms with E-state index in [2.05, 4.69) is 80.7 Å². The van der Waals surface area contributed by atoms with Gasteiger partial charge < -0.3 is 49.0 Å². The summed E-state index contributed by atoms with van der Waals surface area (Å²) in [5.74, 6) is 8.36. The van der Waals surface area contributed by atoms with Gasteiger partial charge in [-0.1, -0.05) is 121 Å². The number of morpholine rings is 1. The zero-order valence-corrected chi connectivity index (χ0v) is 77.4. The van der Waals surface area contributed by atoms with E-state index < -0.39 is 0 Å². The molecule has 5 N–H and O–H groups in total. The molecule has 15 heterocycles. The molecule has 0 unspecified atom stereocenters. The predicted octanol–water partition coefficient (Wildman–Crippen LogP) is 14.3. The molecule has 3 aliphatic heterocycles. The standard InChI is InChI=1S/C28H29N7O3.C27H26N6O4.C27H26N6O3.C22H19N5O2/c1-33-12-14-35(15-13-33)28(37)32-25-17-21(10-11-29-25)38-22-8-9-24(30-18-22)23-19-31-26(34(2)27(23)36)16-20-6-4-3-5-7-20;1-32-25(15-19-5-3-2-4-6-19)30-18-22(26(32)34)23-8-7-21(17-29-23)37-20-9-10-28-24(16-20)31-27(35)33-11-13-36-14-12-33;1-32-25(15-19-7-3-2-4-8-19)30-18-22(26(32)34)23-10-9-21(17-29-23)36-20-11-12-28-24(16-20)31-27(35)33-13-5-6-14-33;1-27-21(11-15-5-3-2-4-6-15)26-14-18(22(27)28)19-8-7-17(13-25-19)29-16-9-10-24-20(23)12-16/h3-11,17-19H,12-16H2,1-2H3,(H,29,32,37);2-10,16-18H,11-15H2,1H3,(H,28,31,35);2-4,7-12,16-18H,5-6,13-15H2,1H3,(H,28,31,35);2-10,12-14H,11H2,1H3,(H2,23,24). The van der Waals surface area contributed by atoms with E-state index in [1.807, 2.05) is 128 Å². The number of nitrogens with two attached hydrogens (primary N) is 1. The van der Waals surface area contributed by atoms with E-state index in [9.17, 15) is 33.6 Å². The van der Waals surface area contributed by atoms with Crippen molar-refractivity contribution in [3.05, 3.63) is 380 Å². The van der Waals surface area contributed by atoms with Crippen LogP contribution >= 0.6 is 0 Å². The van der Waals surface area contributed by atoms with E-state index in [-0.39, 0.29) is 40.3 Å². The summed E-state index contributed by atoms with van der Waals surface area (Å²) in [4.78, 5) is 149. The zero-order valence-electron chi connectivity index (χ0n) is 77.4. The number of nitrogen functional groups attached to an aromatic ring is 1. The Balaban J connectivity index is 0.000000135. The third kappa shape index (κ3) is 25.5. The Kier molecular flexibility index (Phi) is 31.4. The number of amides is 6. The van der Waals surface area contributed by atoms with Gasteiger partial charge in [0.05, 0.1) is 83.0 Å². The molecule has 36 heteroatoms. The summed E-state index contributed by atoms with van der Waals surface area (Å²) >= 11 is 0. The van der Waals surface area contributed by atoms with Crippen molar-refractivity contribution in [2.24, 2.45) is 28.2 Å². The fourth-order valence-electron chi connectivity index (χ4n) is 15.1. The maximum Gasteiger partial charge on any atom is 0.323 e. The fraction of sp³-hybridized carbons (Fsp3) is 0.202. The largest absolute Gasteiger partial charge is 0.456 e. The summed E-state index contributed by atoms with van der Waals surface area (Å²) in [5.41, 5.74) is 13.1. The van der Waals surface area contributed by atoms with Crippen LogP contribution in [0.1, 0.15) is 58.4 Å².